The summed E-state index contributed by atoms with van der Waals surface area (Å²) in [5, 5.41) is 12.8. The van der Waals surface area contributed by atoms with E-state index >= 15 is 0 Å². The summed E-state index contributed by atoms with van der Waals surface area (Å²) in [6.07, 6.45) is 1.95. The molecule has 2 aliphatic heterocycles. The van der Waals surface area contributed by atoms with Gasteiger partial charge < -0.3 is 15.3 Å². The number of amides is 1. The number of nitrogens with zero attached hydrogens (tertiary/aromatic N) is 1. The number of piperidine rings is 1. The number of rotatable bonds is 1. The minimum atomic E-state index is -0.232. The summed E-state index contributed by atoms with van der Waals surface area (Å²) in [7, 11) is 0. The molecule has 0 aromatic heterocycles. The highest BCUT2D eigenvalue weighted by molar-refractivity contribution is 5.82. The number of aliphatic hydroxyl groups excluding tert-OH is 1. The Morgan fingerprint density at radius 3 is 2.63 bits per heavy atom. The zero-order chi connectivity index (χ0) is 13.2. The van der Waals surface area contributed by atoms with Gasteiger partial charge in [-0.3, -0.25) is 4.79 Å². The van der Waals surface area contributed by atoms with Crippen LogP contribution in [0.4, 0.5) is 0 Å². The number of carbonyl (C=O) groups is 1. The van der Waals surface area contributed by atoms with Crippen molar-refractivity contribution < 1.29 is 9.90 Å². The monoisotopic (exact) mass is 260 g/mol. The minimum Gasteiger partial charge on any atom is -0.393 e. The van der Waals surface area contributed by atoms with Crippen molar-refractivity contribution in [3.8, 4) is 0 Å². The molecule has 102 valence electrons. The Hall–Kier alpha value is -1.39. The predicted octanol–water partition coefficient (Wildman–Crippen LogP) is 0.684. The van der Waals surface area contributed by atoms with Crippen molar-refractivity contribution in [2.45, 2.75) is 38.0 Å². The molecule has 3 rings (SSSR count). The molecule has 4 heteroatoms. The largest absolute Gasteiger partial charge is 0.393 e. The summed E-state index contributed by atoms with van der Waals surface area (Å²) in [4.78, 5) is 14.3. The van der Waals surface area contributed by atoms with Crippen molar-refractivity contribution in [3.05, 3.63) is 35.4 Å². The van der Waals surface area contributed by atoms with Gasteiger partial charge in [0.1, 0.15) is 0 Å². The van der Waals surface area contributed by atoms with E-state index in [1.54, 1.807) is 0 Å². The summed E-state index contributed by atoms with van der Waals surface area (Å²) < 4.78 is 0. The van der Waals surface area contributed by atoms with E-state index in [0.29, 0.717) is 25.9 Å². The van der Waals surface area contributed by atoms with E-state index in [0.717, 1.165) is 13.0 Å². The number of likely N-dealkylation sites (tertiary alicyclic amines) is 1. The van der Waals surface area contributed by atoms with Gasteiger partial charge in [-0.2, -0.15) is 0 Å². The zero-order valence-corrected chi connectivity index (χ0v) is 11.0. The fourth-order valence-corrected chi connectivity index (χ4v) is 2.94. The van der Waals surface area contributed by atoms with Crippen LogP contribution in [0.3, 0.4) is 0 Å². The van der Waals surface area contributed by atoms with Crippen molar-refractivity contribution in [1.29, 1.82) is 0 Å². The van der Waals surface area contributed by atoms with Crippen molar-refractivity contribution in [3.63, 3.8) is 0 Å². The van der Waals surface area contributed by atoms with E-state index in [1.165, 1.54) is 11.1 Å². The molecule has 0 bridgehead atoms. The molecule has 2 aliphatic rings. The summed E-state index contributed by atoms with van der Waals surface area (Å²) in [6.45, 7) is 2.13. The standard InChI is InChI=1S/C15H20N2O2/c18-13-5-7-17(8-6-13)15(19)14-9-11-3-1-2-4-12(11)10-16-14/h1-4,13-14,16,18H,5-10H2. The highest BCUT2D eigenvalue weighted by atomic mass is 16.3. The third-order valence-electron chi connectivity index (χ3n) is 4.16. The second-order valence-electron chi connectivity index (χ2n) is 5.46. The summed E-state index contributed by atoms with van der Waals surface area (Å²) in [6, 6.07) is 8.18. The normalized spacial score (nSPS) is 24.1. The van der Waals surface area contributed by atoms with Crippen molar-refractivity contribution in [2.24, 2.45) is 0 Å². The number of benzene rings is 1. The molecule has 1 aromatic carbocycles. The first-order chi connectivity index (χ1) is 9.24. The third-order valence-corrected chi connectivity index (χ3v) is 4.16. The van der Waals surface area contributed by atoms with E-state index < -0.39 is 0 Å². The summed E-state index contributed by atoms with van der Waals surface area (Å²) >= 11 is 0. The first kappa shape index (κ1) is 12.6. The van der Waals surface area contributed by atoms with Crippen LogP contribution in [0.15, 0.2) is 24.3 Å². The summed E-state index contributed by atoms with van der Waals surface area (Å²) in [5.74, 6) is 0.182. The second-order valence-corrected chi connectivity index (χ2v) is 5.46. The highest BCUT2D eigenvalue weighted by Crippen LogP contribution is 2.19. The molecule has 1 saturated heterocycles. The van der Waals surface area contributed by atoms with Gasteiger partial charge in [0, 0.05) is 19.6 Å². The molecule has 1 amide bonds. The maximum Gasteiger partial charge on any atom is 0.240 e. The second kappa shape index (κ2) is 5.31. The fraction of sp³-hybridized carbons (Fsp3) is 0.533. The molecule has 4 nitrogen and oxygen atoms in total. The van der Waals surface area contributed by atoms with Crippen LogP contribution in [-0.2, 0) is 17.8 Å². The number of carbonyl (C=O) groups excluding carboxylic acids is 1. The lowest BCUT2D eigenvalue weighted by atomic mass is 9.94. The van der Waals surface area contributed by atoms with Crippen molar-refractivity contribution >= 4 is 5.91 Å². The molecule has 1 unspecified atom stereocenters. The first-order valence-electron chi connectivity index (χ1n) is 7.01. The van der Waals surface area contributed by atoms with Gasteiger partial charge in [0.25, 0.3) is 0 Å². The molecule has 1 atom stereocenters. The topological polar surface area (TPSA) is 52.6 Å². The number of hydrogen-bond acceptors (Lipinski definition) is 3. The molecule has 0 aliphatic carbocycles. The van der Waals surface area contributed by atoms with Gasteiger partial charge in [-0.1, -0.05) is 24.3 Å². The van der Waals surface area contributed by atoms with Crippen molar-refractivity contribution in [1.82, 2.24) is 10.2 Å². The Kier molecular flexibility index (Phi) is 3.53. The van der Waals surface area contributed by atoms with E-state index in [1.807, 2.05) is 17.0 Å². The molecular formula is C15H20N2O2. The van der Waals surface area contributed by atoms with Crippen LogP contribution in [0.25, 0.3) is 0 Å². The molecule has 1 aromatic rings. The fourth-order valence-electron chi connectivity index (χ4n) is 2.94. The van der Waals surface area contributed by atoms with E-state index in [-0.39, 0.29) is 18.1 Å². The minimum absolute atomic E-state index is 0.106. The third kappa shape index (κ3) is 2.65. The van der Waals surface area contributed by atoms with Crippen LogP contribution in [0, 0.1) is 0 Å². The van der Waals surface area contributed by atoms with Gasteiger partial charge in [0.15, 0.2) is 0 Å². The average Bonchev–Trinajstić information content (AvgIpc) is 2.47. The zero-order valence-electron chi connectivity index (χ0n) is 11.0. The lowest BCUT2D eigenvalue weighted by Crippen LogP contribution is -2.51. The Morgan fingerprint density at radius 1 is 1.21 bits per heavy atom. The van der Waals surface area contributed by atoms with Gasteiger partial charge in [0.05, 0.1) is 12.1 Å². The summed E-state index contributed by atoms with van der Waals surface area (Å²) in [5.41, 5.74) is 2.57. The van der Waals surface area contributed by atoms with Crippen LogP contribution in [0.2, 0.25) is 0 Å². The molecule has 19 heavy (non-hydrogen) atoms. The Bertz CT molecular complexity index is 467. The first-order valence-corrected chi connectivity index (χ1v) is 7.01. The van der Waals surface area contributed by atoms with Gasteiger partial charge in [-0.15, -0.1) is 0 Å². The van der Waals surface area contributed by atoms with Crippen LogP contribution in [0.5, 0.6) is 0 Å². The number of fused-ring (bicyclic) bond motifs is 1. The Labute approximate surface area is 113 Å². The lowest BCUT2D eigenvalue weighted by molar-refractivity contribution is -0.135. The average molecular weight is 260 g/mol. The van der Waals surface area contributed by atoms with Gasteiger partial charge in [-0.05, 0) is 30.4 Å². The smallest absolute Gasteiger partial charge is 0.240 e. The predicted molar refractivity (Wildman–Crippen MR) is 72.6 cm³/mol. The van der Waals surface area contributed by atoms with Crippen LogP contribution < -0.4 is 5.32 Å². The number of nitrogens with one attached hydrogen (secondary N) is 1. The Balaban J connectivity index is 1.66. The maximum absolute atomic E-state index is 12.5. The SMILES string of the molecule is O=C(C1Cc2ccccc2CN1)N1CCC(O)CC1. The van der Waals surface area contributed by atoms with E-state index in [2.05, 4.69) is 17.4 Å². The van der Waals surface area contributed by atoms with Crippen LogP contribution in [-0.4, -0.2) is 41.1 Å². The van der Waals surface area contributed by atoms with Gasteiger partial charge >= 0.3 is 0 Å². The van der Waals surface area contributed by atoms with Crippen LogP contribution >= 0.6 is 0 Å². The molecule has 0 spiro atoms. The molecule has 2 heterocycles. The number of aliphatic hydroxyl groups is 1. The van der Waals surface area contributed by atoms with E-state index in [9.17, 15) is 9.90 Å². The van der Waals surface area contributed by atoms with Crippen molar-refractivity contribution in [2.75, 3.05) is 13.1 Å². The quantitative estimate of drug-likeness (QED) is 0.781. The molecule has 0 radical (unpaired) electrons. The van der Waals surface area contributed by atoms with Crippen LogP contribution in [0.1, 0.15) is 24.0 Å². The van der Waals surface area contributed by atoms with Gasteiger partial charge in [-0.25, -0.2) is 0 Å². The lowest BCUT2D eigenvalue weighted by Gasteiger charge is -2.34. The van der Waals surface area contributed by atoms with Gasteiger partial charge in [0.2, 0.25) is 5.91 Å². The maximum atomic E-state index is 12.5. The Morgan fingerprint density at radius 2 is 1.89 bits per heavy atom. The molecular weight excluding hydrogens is 240 g/mol. The molecule has 1 fully saturated rings. The highest BCUT2D eigenvalue weighted by Gasteiger charge is 2.29. The molecule has 0 saturated carbocycles. The number of hydrogen-bond donors (Lipinski definition) is 2. The molecule has 2 N–H and O–H groups in total. The van der Waals surface area contributed by atoms with E-state index in [4.69, 9.17) is 0 Å².